The number of anilines is 1. The molecule has 1 N–H and O–H groups in total. The van der Waals surface area contributed by atoms with Crippen LogP contribution in [0.4, 0.5) is 5.69 Å². The van der Waals surface area contributed by atoms with E-state index in [0.717, 1.165) is 24.2 Å². The lowest BCUT2D eigenvalue weighted by molar-refractivity contribution is 0.0697. The molecule has 1 aliphatic heterocycles. The van der Waals surface area contributed by atoms with Gasteiger partial charge in [-0.05, 0) is 42.2 Å². The number of nitrogens with zero attached hydrogens (tertiary/aromatic N) is 1. The lowest BCUT2D eigenvalue weighted by Gasteiger charge is -2.18. The van der Waals surface area contributed by atoms with Crippen LogP contribution in [0, 0.1) is 0 Å². The molecule has 1 heterocycles. The molecule has 0 spiro atoms. The first kappa shape index (κ1) is 12.7. The van der Waals surface area contributed by atoms with E-state index in [9.17, 15) is 9.90 Å². The maximum atomic E-state index is 11.3. The summed E-state index contributed by atoms with van der Waals surface area (Å²) in [7, 11) is 0. The van der Waals surface area contributed by atoms with E-state index in [4.69, 9.17) is 0 Å². The molecular weight excluding hydrogens is 250 g/mol. The zero-order chi connectivity index (χ0) is 13.9. The van der Waals surface area contributed by atoms with Crippen LogP contribution < -0.4 is 4.90 Å². The summed E-state index contributed by atoms with van der Waals surface area (Å²) in [5.74, 6) is -0.882. The van der Waals surface area contributed by atoms with Crippen molar-refractivity contribution < 1.29 is 9.90 Å². The number of hydrogen-bond acceptors (Lipinski definition) is 2. The molecular formula is C17H17NO2. The number of benzene rings is 2. The first-order valence-corrected chi connectivity index (χ1v) is 6.93. The van der Waals surface area contributed by atoms with Crippen molar-refractivity contribution in [1.82, 2.24) is 0 Å². The zero-order valence-corrected chi connectivity index (χ0v) is 11.2. The van der Waals surface area contributed by atoms with Crippen LogP contribution in [0.2, 0.25) is 0 Å². The molecule has 2 aromatic carbocycles. The summed E-state index contributed by atoms with van der Waals surface area (Å²) >= 11 is 0. The predicted octanol–water partition coefficient (Wildman–Crippen LogP) is 3.65. The van der Waals surface area contributed by atoms with Crippen LogP contribution in [-0.2, 0) is 0 Å². The van der Waals surface area contributed by atoms with Gasteiger partial charge in [0.05, 0.1) is 5.56 Å². The largest absolute Gasteiger partial charge is 0.478 e. The lowest BCUT2D eigenvalue weighted by Crippen LogP contribution is -2.17. The van der Waals surface area contributed by atoms with Gasteiger partial charge >= 0.3 is 5.97 Å². The van der Waals surface area contributed by atoms with Crippen molar-refractivity contribution in [3.63, 3.8) is 0 Å². The summed E-state index contributed by atoms with van der Waals surface area (Å²) in [4.78, 5) is 13.7. The molecule has 0 bridgehead atoms. The second-order valence-electron chi connectivity index (χ2n) is 5.10. The molecule has 0 saturated carbocycles. The molecule has 0 unspecified atom stereocenters. The normalized spacial score (nSPS) is 14.5. The topological polar surface area (TPSA) is 40.5 Å². The van der Waals surface area contributed by atoms with Crippen LogP contribution in [0.5, 0.6) is 0 Å². The monoisotopic (exact) mass is 267 g/mol. The molecule has 0 atom stereocenters. The number of rotatable bonds is 3. The molecule has 0 amide bonds. The van der Waals surface area contributed by atoms with Crippen LogP contribution in [0.25, 0.3) is 11.1 Å². The van der Waals surface area contributed by atoms with Crippen LogP contribution in [0.1, 0.15) is 23.2 Å². The van der Waals surface area contributed by atoms with Gasteiger partial charge in [-0.25, -0.2) is 4.79 Å². The van der Waals surface area contributed by atoms with Gasteiger partial charge < -0.3 is 10.0 Å². The van der Waals surface area contributed by atoms with Gasteiger partial charge in [0.1, 0.15) is 0 Å². The van der Waals surface area contributed by atoms with Crippen molar-refractivity contribution in [3.8, 4) is 11.1 Å². The quantitative estimate of drug-likeness (QED) is 0.922. The summed E-state index contributed by atoms with van der Waals surface area (Å²) in [6, 6.07) is 15.3. The third-order valence-corrected chi connectivity index (χ3v) is 3.79. The third-order valence-electron chi connectivity index (χ3n) is 3.79. The van der Waals surface area contributed by atoms with E-state index in [-0.39, 0.29) is 0 Å². The maximum absolute atomic E-state index is 11.3. The molecule has 1 fully saturated rings. The average molecular weight is 267 g/mol. The fraction of sp³-hybridized carbons (Fsp3) is 0.235. The fourth-order valence-electron chi connectivity index (χ4n) is 2.77. The number of carbonyl (C=O) groups is 1. The van der Waals surface area contributed by atoms with Gasteiger partial charge in [-0.2, -0.15) is 0 Å². The molecule has 0 aromatic heterocycles. The Balaban J connectivity index is 2.02. The number of aromatic carboxylic acids is 1. The third kappa shape index (κ3) is 2.39. The van der Waals surface area contributed by atoms with Crippen LogP contribution in [0.3, 0.4) is 0 Å². The molecule has 2 aromatic rings. The van der Waals surface area contributed by atoms with E-state index >= 15 is 0 Å². The Bertz CT molecular complexity index is 630. The Labute approximate surface area is 118 Å². The Kier molecular flexibility index (Phi) is 3.42. The first-order valence-electron chi connectivity index (χ1n) is 6.93. The van der Waals surface area contributed by atoms with Gasteiger partial charge in [-0.1, -0.05) is 30.3 Å². The van der Waals surface area contributed by atoms with E-state index in [1.165, 1.54) is 18.5 Å². The molecule has 3 nitrogen and oxygen atoms in total. The number of carboxylic acids is 1. The molecule has 3 heteroatoms. The highest BCUT2D eigenvalue weighted by Crippen LogP contribution is 2.29. The van der Waals surface area contributed by atoms with Gasteiger partial charge in [0.2, 0.25) is 0 Å². The Hall–Kier alpha value is -2.29. The van der Waals surface area contributed by atoms with Crippen molar-refractivity contribution in [2.75, 3.05) is 18.0 Å². The Morgan fingerprint density at radius 3 is 2.50 bits per heavy atom. The Morgan fingerprint density at radius 1 is 1.00 bits per heavy atom. The molecule has 0 aliphatic carbocycles. The highest BCUT2D eigenvalue weighted by Gasteiger charge is 2.15. The van der Waals surface area contributed by atoms with Crippen molar-refractivity contribution in [2.45, 2.75) is 12.8 Å². The van der Waals surface area contributed by atoms with E-state index in [2.05, 4.69) is 17.0 Å². The number of hydrogen-bond donors (Lipinski definition) is 1. The SMILES string of the molecule is O=C(O)c1ccccc1-c1cccc(N2CCCC2)c1. The van der Waals surface area contributed by atoms with Crippen molar-refractivity contribution in [2.24, 2.45) is 0 Å². The number of carboxylic acid groups (broad SMARTS) is 1. The van der Waals surface area contributed by atoms with Crippen molar-refractivity contribution >= 4 is 11.7 Å². The maximum Gasteiger partial charge on any atom is 0.336 e. The van der Waals surface area contributed by atoms with Gasteiger partial charge in [-0.15, -0.1) is 0 Å². The second kappa shape index (κ2) is 5.37. The minimum Gasteiger partial charge on any atom is -0.478 e. The molecule has 3 rings (SSSR count). The highest BCUT2D eigenvalue weighted by molar-refractivity contribution is 5.96. The molecule has 1 saturated heterocycles. The molecule has 0 radical (unpaired) electrons. The zero-order valence-electron chi connectivity index (χ0n) is 11.2. The smallest absolute Gasteiger partial charge is 0.336 e. The minimum absolute atomic E-state index is 0.353. The summed E-state index contributed by atoms with van der Waals surface area (Å²) in [5, 5.41) is 9.30. The van der Waals surface area contributed by atoms with Crippen LogP contribution >= 0.6 is 0 Å². The van der Waals surface area contributed by atoms with Gasteiger partial charge in [0.15, 0.2) is 0 Å². The summed E-state index contributed by atoms with van der Waals surface area (Å²) in [5.41, 5.74) is 3.28. The van der Waals surface area contributed by atoms with Crippen molar-refractivity contribution in [1.29, 1.82) is 0 Å². The summed E-state index contributed by atoms with van der Waals surface area (Å²) in [6.07, 6.45) is 2.46. The van der Waals surface area contributed by atoms with Crippen LogP contribution in [-0.4, -0.2) is 24.2 Å². The van der Waals surface area contributed by atoms with Gasteiger partial charge in [-0.3, -0.25) is 0 Å². The van der Waals surface area contributed by atoms with E-state index in [1.807, 2.05) is 24.3 Å². The fourth-order valence-corrected chi connectivity index (χ4v) is 2.77. The van der Waals surface area contributed by atoms with Gasteiger partial charge in [0.25, 0.3) is 0 Å². The highest BCUT2D eigenvalue weighted by atomic mass is 16.4. The minimum atomic E-state index is -0.882. The molecule has 20 heavy (non-hydrogen) atoms. The average Bonchev–Trinajstić information content (AvgIpc) is 3.01. The predicted molar refractivity (Wildman–Crippen MR) is 80.3 cm³/mol. The second-order valence-corrected chi connectivity index (χ2v) is 5.10. The molecule has 1 aliphatic rings. The van der Waals surface area contributed by atoms with Crippen molar-refractivity contribution in [3.05, 3.63) is 54.1 Å². The van der Waals surface area contributed by atoms with E-state index in [1.54, 1.807) is 12.1 Å². The first-order chi connectivity index (χ1) is 9.75. The van der Waals surface area contributed by atoms with E-state index < -0.39 is 5.97 Å². The summed E-state index contributed by atoms with van der Waals surface area (Å²) < 4.78 is 0. The van der Waals surface area contributed by atoms with E-state index in [0.29, 0.717) is 5.56 Å². The lowest BCUT2D eigenvalue weighted by atomic mass is 9.99. The van der Waals surface area contributed by atoms with Gasteiger partial charge in [0, 0.05) is 18.8 Å². The Morgan fingerprint density at radius 2 is 1.75 bits per heavy atom. The van der Waals surface area contributed by atoms with Crippen LogP contribution in [0.15, 0.2) is 48.5 Å². The summed E-state index contributed by atoms with van der Waals surface area (Å²) in [6.45, 7) is 2.17. The standard InChI is InChI=1S/C17H17NO2/c19-17(20)16-9-2-1-8-15(16)13-6-5-7-14(12-13)18-10-3-4-11-18/h1-2,5-9,12H,3-4,10-11H2,(H,19,20). The molecule has 102 valence electrons.